The maximum atomic E-state index is 12.2. The molecule has 2 rings (SSSR count). The highest BCUT2D eigenvalue weighted by Crippen LogP contribution is 2.19. The molecule has 7 heteroatoms. The second kappa shape index (κ2) is 6.99. The van der Waals surface area contributed by atoms with Gasteiger partial charge in [0.15, 0.2) is 0 Å². The standard InChI is InChI=1S/C12H24N2O4S/c15-10-11-5-1-3-7-14(11)19(16,17)13-9-12-6-2-4-8-18-12/h11-13,15H,1-10H2. The van der Waals surface area contributed by atoms with Crippen molar-refractivity contribution in [2.24, 2.45) is 0 Å². The molecule has 0 radical (unpaired) electrons. The average Bonchev–Trinajstić information content (AvgIpc) is 2.46. The van der Waals surface area contributed by atoms with Crippen LogP contribution in [0.4, 0.5) is 0 Å². The Hall–Kier alpha value is -0.210. The fraction of sp³-hybridized carbons (Fsp3) is 1.00. The molecule has 2 unspecified atom stereocenters. The van der Waals surface area contributed by atoms with Crippen molar-refractivity contribution >= 4 is 10.2 Å². The number of hydrogen-bond donors (Lipinski definition) is 2. The van der Waals surface area contributed by atoms with Crippen LogP contribution in [-0.4, -0.2) is 56.3 Å². The SMILES string of the molecule is O=S(=O)(NCC1CCCCO1)N1CCCCC1CO. The van der Waals surface area contributed by atoms with Crippen molar-refractivity contribution < 1.29 is 18.3 Å². The van der Waals surface area contributed by atoms with Crippen molar-refractivity contribution in [3.05, 3.63) is 0 Å². The molecule has 0 aromatic carbocycles. The molecule has 0 spiro atoms. The van der Waals surface area contributed by atoms with Crippen molar-refractivity contribution in [2.75, 3.05) is 26.3 Å². The van der Waals surface area contributed by atoms with Crippen LogP contribution in [0, 0.1) is 0 Å². The van der Waals surface area contributed by atoms with E-state index >= 15 is 0 Å². The number of rotatable bonds is 5. The third-order valence-electron chi connectivity index (χ3n) is 3.86. The fourth-order valence-electron chi connectivity index (χ4n) is 2.72. The van der Waals surface area contributed by atoms with E-state index < -0.39 is 10.2 Å². The van der Waals surface area contributed by atoms with Gasteiger partial charge in [-0.1, -0.05) is 6.42 Å². The summed E-state index contributed by atoms with van der Waals surface area (Å²) >= 11 is 0. The lowest BCUT2D eigenvalue weighted by atomic mass is 10.1. The zero-order chi connectivity index (χ0) is 13.7. The van der Waals surface area contributed by atoms with Crippen LogP contribution in [0.3, 0.4) is 0 Å². The molecular formula is C12H24N2O4S. The number of hydrogen-bond acceptors (Lipinski definition) is 4. The first-order valence-electron chi connectivity index (χ1n) is 7.12. The maximum absolute atomic E-state index is 12.2. The lowest BCUT2D eigenvalue weighted by molar-refractivity contribution is 0.0196. The fourth-order valence-corrected chi connectivity index (χ4v) is 4.22. The van der Waals surface area contributed by atoms with Crippen LogP contribution in [0.15, 0.2) is 0 Å². The Balaban J connectivity index is 1.89. The Morgan fingerprint density at radius 2 is 2.00 bits per heavy atom. The highest BCUT2D eigenvalue weighted by Gasteiger charge is 2.32. The van der Waals surface area contributed by atoms with Crippen molar-refractivity contribution in [2.45, 2.75) is 50.7 Å². The monoisotopic (exact) mass is 292 g/mol. The number of nitrogens with one attached hydrogen (secondary N) is 1. The van der Waals surface area contributed by atoms with Gasteiger partial charge in [0, 0.05) is 25.7 Å². The highest BCUT2D eigenvalue weighted by molar-refractivity contribution is 7.87. The summed E-state index contributed by atoms with van der Waals surface area (Å²) in [5.41, 5.74) is 0. The minimum absolute atomic E-state index is 0.0131. The van der Waals surface area contributed by atoms with Gasteiger partial charge in [0.2, 0.25) is 0 Å². The van der Waals surface area contributed by atoms with Crippen LogP contribution in [0.25, 0.3) is 0 Å². The quantitative estimate of drug-likeness (QED) is 0.760. The Kier molecular flexibility index (Phi) is 5.58. The van der Waals surface area contributed by atoms with E-state index in [4.69, 9.17) is 4.74 Å². The van der Waals surface area contributed by atoms with Crippen molar-refractivity contribution in [3.8, 4) is 0 Å². The van der Waals surface area contributed by atoms with Gasteiger partial charge in [-0.15, -0.1) is 0 Å². The van der Waals surface area contributed by atoms with Gasteiger partial charge < -0.3 is 9.84 Å². The second-order valence-electron chi connectivity index (χ2n) is 5.28. The van der Waals surface area contributed by atoms with Crippen molar-refractivity contribution in [3.63, 3.8) is 0 Å². The van der Waals surface area contributed by atoms with E-state index in [2.05, 4.69) is 4.72 Å². The third-order valence-corrected chi connectivity index (χ3v) is 5.49. The summed E-state index contributed by atoms with van der Waals surface area (Å²) in [5.74, 6) is 0. The maximum Gasteiger partial charge on any atom is 0.279 e. The van der Waals surface area contributed by atoms with Gasteiger partial charge >= 0.3 is 0 Å². The van der Waals surface area contributed by atoms with Crippen LogP contribution in [-0.2, 0) is 14.9 Å². The number of nitrogens with zero attached hydrogens (tertiary/aromatic N) is 1. The molecule has 2 aliphatic heterocycles. The number of aliphatic hydroxyl groups is 1. The zero-order valence-electron chi connectivity index (χ0n) is 11.3. The Morgan fingerprint density at radius 3 is 2.68 bits per heavy atom. The van der Waals surface area contributed by atoms with E-state index in [1.807, 2.05) is 0 Å². The average molecular weight is 292 g/mol. The smallest absolute Gasteiger partial charge is 0.279 e. The normalized spacial score (nSPS) is 30.4. The molecule has 6 nitrogen and oxygen atoms in total. The lowest BCUT2D eigenvalue weighted by Crippen LogP contribution is -2.51. The summed E-state index contributed by atoms with van der Waals surface area (Å²) in [5, 5.41) is 9.28. The van der Waals surface area contributed by atoms with Crippen molar-refractivity contribution in [1.82, 2.24) is 9.03 Å². The number of piperidine rings is 1. The molecule has 0 aromatic rings. The molecule has 2 heterocycles. The molecule has 0 amide bonds. The summed E-state index contributed by atoms with van der Waals surface area (Å²) in [4.78, 5) is 0. The molecule has 2 atom stereocenters. The molecule has 0 saturated carbocycles. The van der Waals surface area contributed by atoms with Crippen molar-refractivity contribution in [1.29, 1.82) is 0 Å². The molecule has 2 aliphatic rings. The molecule has 2 N–H and O–H groups in total. The Morgan fingerprint density at radius 1 is 1.21 bits per heavy atom. The zero-order valence-corrected chi connectivity index (χ0v) is 12.1. The van der Waals surface area contributed by atoms with Gasteiger partial charge in [0.05, 0.1) is 12.7 Å². The predicted octanol–water partition coefficient (Wildman–Crippen LogP) is 0.237. The minimum Gasteiger partial charge on any atom is -0.395 e. The largest absolute Gasteiger partial charge is 0.395 e. The summed E-state index contributed by atoms with van der Waals surface area (Å²) in [6, 6.07) is -0.279. The summed E-state index contributed by atoms with van der Waals surface area (Å²) in [7, 11) is -3.50. The van der Waals surface area contributed by atoms with Crippen LogP contribution in [0.1, 0.15) is 38.5 Å². The summed E-state index contributed by atoms with van der Waals surface area (Å²) in [6.45, 7) is 1.43. The van der Waals surface area contributed by atoms with Gasteiger partial charge in [-0.25, -0.2) is 0 Å². The van der Waals surface area contributed by atoms with E-state index in [0.717, 1.165) is 45.1 Å². The van der Waals surface area contributed by atoms with Crippen LogP contribution < -0.4 is 4.72 Å². The molecule has 112 valence electrons. The molecule has 0 bridgehead atoms. The minimum atomic E-state index is -3.50. The number of aliphatic hydroxyl groups excluding tert-OH is 1. The summed E-state index contributed by atoms with van der Waals surface area (Å²) in [6.07, 6.45) is 5.61. The van der Waals surface area contributed by atoms with E-state index in [0.29, 0.717) is 13.1 Å². The van der Waals surface area contributed by atoms with Gasteiger partial charge in [0.1, 0.15) is 0 Å². The molecule has 0 aliphatic carbocycles. The first-order chi connectivity index (χ1) is 9.13. The van der Waals surface area contributed by atoms with Gasteiger partial charge in [0.25, 0.3) is 10.2 Å². The molecule has 19 heavy (non-hydrogen) atoms. The molecule has 2 fully saturated rings. The Labute approximate surface area is 115 Å². The molecule has 2 saturated heterocycles. The van der Waals surface area contributed by atoms with Gasteiger partial charge in [-0.2, -0.15) is 17.4 Å². The van der Waals surface area contributed by atoms with Gasteiger partial charge in [-0.05, 0) is 32.1 Å². The second-order valence-corrected chi connectivity index (χ2v) is 6.99. The number of ether oxygens (including phenoxy) is 1. The summed E-state index contributed by atoms with van der Waals surface area (Å²) < 4.78 is 34.0. The topological polar surface area (TPSA) is 78.9 Å². The molecular weight excluding hydrogens is 268 g/mol. The Bertz CT molecular complexity index is 368. The van der Waals surface area contributed by atoms with Gasteiger partial charge in [-0.3, -0.25) is 0 Å². The van der Waals surface area contributed by atoms with E-state index in [9.17, 15) is 13.5 Å². The third kappa shape index (κ3) is 4.13. The van der Waals surface area contributed by atoms with E-state index in [1.54, 1.807) is 0 Å². The van der Waals surface area contributed by atoms with E-state index in [1.165, 1.54) is 4.31 Å². The first-order valence-corrected chi connectivity index (χ1v) is 8.56. The van der Waals surface area contributed by atoms with Crippen LogP contribution in [0.5, 0.6) is 0 Å². The lowest BCUT2D eigenvalue weighted by Gasteiger charge is -2.34. The van der Waals surface area contributed by atoms with E-state index in [-0.39, 0.29) is 18.8 Å². The molecule has 0 aromatic heterocycles. The van der Waals surface area contributed by atoms with Crippen LogP contribution in [0.2, 0.25) is 0 Å². The highest BCUT2D eigenvalue weighted by atomic mass is 32.2. The first kappa shape index (κ1) is 15.2. The predicted molar refractivity (Wildman–Crippen MR) is 71.9 cm³/mol. The van der Waals surface area contributed by atoms with Crippen LogP contribution >= 0.6 is 0 Å².